The number of nitrogens with zero attached hydrogens (tertiary/aromatic N) is 2. The van der Waals surface area contributed by atoms with E-state index in [0.29, 0.717) is 6.54 Å². The maximum Gasteiger partial charge on any atom is 0.321 e. The molecule has 8 heteroatoms. The number of nitrogens with one attached hydrogen (secondary N) is 1. The molecule has 1 aromatic heterocycles. The molecule has 94 valence electrons. The summed E-state index contributed by atoms with van der Waals surface area (Å²) in [7, 11) is -3.82. The second kappa shape index (κ2) is 4.11. The summed E-state index contributed by atoms with van der Waals surface area (Å²) in [6.07, 6.45) is 2.88. The van der Waals surface area contributed by atoms with E-state index in [1.807, 2.05) is 0 Å². The summed E-state index contributed by atoms with van der Waals surface area (Å²) in [4.78, 5) is 14.6. The highest BCUT2D eigenvalue weighted by atomic mass is 32.2. The average Bonchev–Trinajstić information content (AvgIpc) is 2.75. The molecule has 0 bridgehead atoms. The van der Waals surface area contributed by atoms with Crippen LogP contribution in [0.15, 0.2) is 11.2 Å². The number of carboxylic acids is 1. The Morgan fingerprint density at radius 2 is 2.35 bits per heavy atom. The second-order valence-electron chi connectivity index (χ2n) is 3.95. The number of imidazole rings is 1. The van der Waals surface area contributed by atoms with Crippen LogP contribution in [0.4, 0.5) is 0 Å². The minimum Gasteiger partial charge on any atom is -0.480 e. The van der Waals surface area contributed by atoms with Crippen molar-refractivity contribution in [2.75, 3.05) is 0 Å². The van der Waals surface area contributed by atoms with Crippen molar-refractivity contribution in [3.8, 4) is 0 Å². The molecule has 0 unspecified atom stereocenters. The first-order valence-electron chi connectivity index (χ1n) is 5.21. The minimum atomic E-state index is -3.82. The van der Waals surface area contributed by atoms with Gasteiger partial charge < -0.3 is 9.67 Å². The van der Waals surface area contributed by atoms with E-state index in [-0.39, 0.29) is 5.03 Å². The van der Waals surface area contributed by atoms with E-state index >= 15 is 0 Å². The standard InChI is InChI=1S/C9H13N3O4S/c1-6(9(13)14)11-17(15,16)8-5-10-7-3-2-4-12(7)8/h5-6,11H,2-4H2,1H3,(H,13,14)/t6-/m1/s1. The van der Waals surface area contributed by atoms with Gasteiger partial charge in [0.1, 0.15) is 11.9 Å². The van der Waals surface area contributed by atoms with Crippen LogP contribution in [-0.2, 0) is 27.8 Å². The first-order chi connectivity index (χ1) is 7.92. The number of hydrogen-bond donors (Lipinski definition) is 2. The van der Waals surface area contributed by atoms with Crippen molar-refractivity contribution in [2.45, 2.75) is 37.4 Å². The summed E-state index contributed by atoms with van der Waals surface area (Å²) in [6, 6.07) is -1.16. The molecule has 0 spiro atoms. The molecule has 17 heavy (non-hydrogen) atoms. The lowest BCUT2D eigenvalue weighted by Gasteiger charge is -2.10. The Bertz CT molecular complexity index is 549. The number of aromatic nitrogens is 2. The monoisotopic (exact) mass is 259 g/mol. The van der Waals surface area contributed by atoms with Crippen molar-refractivity contribution < 1.29 is 18.3 Å². The highest BCUT2D eigenvalue weighted by Gasteiger charge is 2.27. The van der Waals surface area contributed by atoms with Gasteiger partial charge >= 0.3 is 5.97 Å². The number of hydrogen-bond acceptors (Lipinski definition) is 4. The van der Waals surface area contributed by atoms with Crippen LogP contribution in [0, 0.1) is 0 Å². The van der Waals surface area contributed by atoms with Crippen molar-refractivity contribution in [3.63, 3.8) is 0 Å². The molecule has 2 rings (SSSR count). The fraction of sp³-hybridized carbons (Fsp3) is 0.556. The topological polar surface area (TPSA) is 101 Å². The van der Waals surface area contributed by atoms with Gasteiger partial charge in [-0.3, -0.25) is 4.79 Å². The largest absolute Gasteiger partial charge is 0.480 e. The summed E-state index contributed by atoms with van der Waals surface area (Å²) in [5.41, 5.74) is 0. The van der Waals surface area contributed by atoms with Crippen molar-refractivity contribution in [3.05, 3.63) is 12.0 Å². The molecular weight excluding hydrogens is 246 g/mol. The molecule has 0 radical (unpaired) electrons. The highest BCUT2D eigenvalue weighted by molar-refractivity contribution is 7.89. The number of fused-ring (bicyclic) bond motifs is 1. The zero-order chi connectivity index (χ0) is 12.6. The summed E-state index contributed by atoms with van der Waals surface area (Å²) < 4.78 is 27.6. The fourth-order valence-electron chi connectivity index (χ4n) is 1.79. The van der Waals surface area contributed by atoms with Crippen LogP contribution in [0.2, 0.25) is 0 Å². The lowest BCUT2D eigenvalue weighted by Crippen LogP contribution is -2.39. The highest BCUT2D eigenvalue weighted by Crippen LogP contribution is 2.19. The molecule has 0 amide bonds. The first kappa shape index (κ1) is 12.1. The van der Waals surface area contributed by atoms with Gasteiger partial charge in [-0.25, -0.2) is 13.4 Å². The van der Waals surface area contributed by atoms with Crippen molar-refractivity contribution in [2.24, 2.45) is 0 Å². The summed E-state index contributed by atoms with van der Waals surface area (Å²) in [6.45, 7) is 1.88. The van der Waals surface area contributed by atoms with Gasteiger partial charge in [-0.15, -0.1) is 0 Å². The lowest BCUT2D eigenvalue weighted by molar-refractivity contribution is -0.138. The quantitative estimate of drug-likeness (QED) is 0.764. The molecule has 2 N–H and O–H groups in total. The van der Waals surface area contributed by atoms with E-state index < -0.39 is 22.0 Å². The van der Waals surface area contributed by atoms with E-state index in [1.165, 1.54) is 13.1 Å². The number of sulfonamides is 1. The molecule has 1 aliphatic heterocycles. The molecule has 1 atom stereocenters. The van der Waals surface area contributed by atoms with Crippen LogP contribution in [0.1, 0.15) is 19.2 Å². The van der Waals surface area contributed by atoms with Crippen LogP contribution in [0.3, 0.4) is 0 Å². The summed E-state index contributed by atoms with van der Waals surface area (Å²) >= 11 is 0. The third-order valence-corrected chi connectivity index (χ3v) is 4.20. The van der Waals surface area contributed by atoms with Crippen LogP contribution in [-0.4, -0.2) is 35.1 Å². The normalized spacial score (nSPS) is 16.8. The molecular formula is C9H13N3O4S. The second-order valence-corrected chi connectivity index (χ2v) is 5.61. The molecule has 1 aliphatic rings. The van der Waals surface area contributed by atoms with E-state index in [9.17, 15) is 13.2 Å². The van der Waals surface area contributed by atoms with Gasteiger partial charge in [-0.05, 0) is 13.3 Å². The Labute approximate surface area is 98.5 Å². The zero-order valence-corrected chi connectivity index (χ0v) is 10.1. The van der Waals surface area contributed by atoms with Crippen LogP contribution in [0.25, 0.3) is 0 Å². The number of carbonyl (C=O) groups is 1. The van der Waals surface area contributed by atoms with Crippen molar-refractivity contribution in [1.29, 1.82) is 0 Å². The first-order valence-corrected chi connectivity index (χ1v) is 6.69. The van der Waals surface area contributed by atoms with Crippen LogP contribution in [0.5, 0.6) is 0 Å². The smallest absolute Gasteiger partial charge is 0.321 e. The average molecular weight is 259 g/mol. The Morgan fingerprint density at radius 3 is 3.00 bits per heavy atom. The number of aryl methyl sites for hydroxylation is 1. The fourth-order valence-corrected chi connectivity index (χ4v) is 3.15. The van der Waals surface area contributed by atoms with Gasteiger partial charge in [0, 0.05) is 13.0 Å². The van der Waals surface area contributed by atoms with Gasteiger partial charge in [-0.1, -0.05) is 0 Å². The predicted octanol–water partition coefficient (Wildman–Crippen LogP) is -0.419. The third kappa shape index (κ3) is 2.18. The number of aliphatic carboxylic acids is 1. The molecule has 1 aromatic rings. The van der Waals surface area contributed by atoms with Crippen LogP contribution < -0.4 is 4.72 Å². The Morgan fingerprint density at radius 1 is 1.65 bits per heavy atom. The third-order valence-electron chi connectivity index (χ3n) is 2.66. The zero-order valence-electron chi connectivity index (χ0n) is 9.25. The summed E-state index contributed by atoms with van der Waals surface area (Å²) in [5.74, 6) is -0.483. The van der Waals surface area contributed by atoms with Crippen molar-refractivity contribution in [1.82, 2.24) is 14.3 Å². The molecule has 0 fully saturated rings. The molecule has 0 saturated carbocycles. The van der Waals surface area contributed by atoms with Crippen molar-refractivity contribution >= 4 is 16.0 Å². The summed E-state index contributed by atoms with van der Waals surface area (Å²) in [5, 5.41) is 8.73. The molecule has 2 heterocycles. The molecule has 7 nitrogen and oxygen atoms in total. The van der Waals surface area contributed by atoms with Gasteiger partial charge in [0.05, 0.1) is 6.20 Å². The number of rotatable bonds is 4. The van der Waals surface area contributed by atoms with E-state index in [4.69, 9.17) is 5.11 Å². The lowest BCUT2D eigenvalue weighted by atomic mass is 10.4. The van der Waals surface area contributed by atoms with Gasteiger partial charge in [0.15, 0.2) is 5.03 Å². The Kier molecular flexibility index (Phi) is 2.92. The number of carboxylic acid groups (broad SMARTS) is 1. The Hall–Kier alpha value is -1.41. The van der Waals surface area contributed by atoms with Crippen LogP contribution >= 0.6 is 0 Å². The minimum absolute atomic E-state index is 0.0399. The maximum atomic E-state index is 11.9. The predicted molar refractivity (Wildman–Crippen MR) is 58.0 cm³/mol. The molecule has 0 aliphatic carbocycles. The van der Waals surface area contributed by atoms with E-state index in [2.05, 4.69) is 9.71 Å². The Balaban J connectivity index is 2.29. The maximum absolute atomic E-state index is 11.9. The van der Waals surface area contributed by atoms with E-state index in [0.717, 1.165) is 18.7 Å². The molecule has 0 aromatic carbocycles. The van der Waals surface area contributed by atoms with Gasteiger partial charge in [0.25, 0.3) is 10.0 Å². The van der Waals surface area contributed by atoms with Gasteiger partial charge in [-0.2, -0.15) is 4.72 Å². The SMILES string of the molecule is C[C@@H](NS(=O)(=O)c1cnc2n1CCC2)C(=O)O. The van der Waals surface area contributed by atoms with E-state index in [1.54, 1.807) is 4.57 Å². The molecule has 0 saturated heterocycles. The van der Waals surface area contributed by atoms with Gasteiger partial charge in [0.2, 0.25) is 0 Å².